The van der Waals surface area contributed by atoms with E-state index < -0.39 is 16.0 Å². The smallest absolute Gasteiger partial charge is 0.343 e. The fourth-order valence-corrected chi connectivity index (χ4v) is 4.35. The molecule has 24 heavy (non-hydrogen) atoms. The molecular formula is C15H12Br2ClNO4S. The summed E-state index contributed by atoms with van der Waals surface area (Å²) in [4.78, 5) is 12.3. The number of ether oxygens (including phenoxy) is 1. The van der Waals surface area contributed by atoms with Crippen molar-refractivity contribution in [1.82, 2.24) is 4.31 Å². The Bertz CT molecular complexity index is 900. The number of esters is 1. The second kappa shape index (κ2) is 7.53. The number of carbonyl (C=O) groups is 1. The molecule has 2 rings (SSSR count). The van der Waals surface area contributed by atoms with Crippen LogP contribution in [0.4, 0.5) is 0 Å². The summed E-state index contributed by atoms with van der Waals surface area (Å²) in [6.45, 7) is 0. The molecule has 2 aromatic carbocycles. The molecule has 9 heteroatoms. The lowest BCUT2D eigenvalue weighted by atomic mass is 10.2. The van der Waals surface area contributed by atoms with Crippen molar-refractivity contribution in [3.63, 3.8) is 0 Å². The summed E-state index contributed by atoms with van der Waals surface area (Å²) in [5.41, 5.74) is 0.112. The van der Waals surface area contributed by atoms with Gasteiger partial charge in [0.2, 0.25) is 10.0 Å². The molecule has 0 amide bonds. The zero-order valence-corrected chi connectivity index (χ0v) is 17.3. The Morgan fingerprint density at radius 3 is 2.33 bits per heavy atom. The molecule has 0 unspecified atom stereocenters. The van der Waals surface area contributed by atoms with Crippen LogP contribution in [0.15, 0.2) is 50.2 Å². The molecule has 0 radical (unpaired) electrons. The number of carbonyl (C=O) groups excluding carboxylic acids is 1. The number of sulfonamides is 1. The number of hydrogen-bond donors (Lipinski definition) is 0. The van der Waals surface area contributed by atoms with E-state index in [1.54, 1.807) is 18.2 Å². The third-order valence-electron chi connectivity index (χ3n) is 3.02. The lowest BCUT2D eigenvalue weighted by molar-refractivity contribution is 0.0733. The van der Waals surface area contributed by atoms with Crippen molar-refractivity contribution in [2.75, 3.05) is 14.1 Å². The summed E-state index contributed by atoms with van der Waals surface area (Å²) in [5.74, 6) is -0.398. The molecule has 0 saturated heterocycles. The van der Waals surface area contributed by atoms with Gasteiger partial charge in [0.05, 0.1) is 14.9 Å². The van der Waals surface area contributed by atoms with Crippen molar-refractivity contribution in [1.29, 1.82) is 0 Å². The maximum absolute atomic E-state index is 12.3. The topological polar surface area (TPSA) is 63.7 Å². The molecular weight excluding hydrogens is 485 g/mol. The largest absolute Gasteiger partial charge is 0.422 e. The Morgan fingerprint density at radius 2 is 1.75 bits per heavy atom. The van der Waals surface area contributed by atoms with E-state index >= 15 is 0 Å². The zero-order valence-electron chi connectivity index (χ0n) is 12.6. The highest BCUT2D eigenvalue weighted by Gasteiger charge is 2.23. The van der Waals surface area contributed by atoms with Gasteiger partial charge in [-0.15, -0.1) is 0 Å². The van der Waals surface area contributed by atoms with E-state index in [9.17, 15) is 13.2 Å². The lowest BCUT2D eigenvalue weighted by Crippen LogP contribution is -2.23. The molecule has 0 atom stereocenters. The van der Waals surface area contributed by atoms with Crippen LogP contribution in [-0.2, 0) is 10.0 Å². The van der Waals surface area contributed by atoms with Crippen molar-refractivity contribution < 1.29 is 17.9 Å². The van der Waals surface area contributed by atoms with E-state index in [1.807, 2.05) is 0 Å². The number of benzene rings is 2. The minimum absolute atomic E-state index is 0.0166. The first-order valence-electron chi connectivity index (χ1n) is 6.52. The quantitative estimate of drug-likeness (QED) is 0.466. The Balaban J connectivity index is 2.37. The van der Waals surface area contributed by atoms with Crippen LogP contribution >= 0.6 is 43.5 Å². The molecule has 0 fully saturated rings. The van der Waals surface area contributed by atoms with Gasteiger partial charge in [-0.1, -0.05) is 11.6 Å². The third kappa shape index (κ3) is 4.18. The Kier molecular flexibility index (Phi) is 6.09. The first kappa shape index (κ1) is 19.4. The van der Waals surface area contributed by atoms with Gasteiger partial charge in [0.25, 0.3) is 0 Å². The van der Waals surface area contributed by atoms with Crippen LogP contribution in [0, 0.1) is 0 Å². The molecule has 0 aliphatic heterocycles. The van der Waals surface area contributed by atoms with Crippen LogP contribution in [0.5, 0.6) is 5.75 Å². The molecule has 0 bridgehead atoms. The predicted molar refractivity (Wildman–Crippen MR) is 99.1 cm³/mol. The maximum atomic E-state index is 12.3. The minimum Gasteiger partial charge on any atom is -0.422 e. The normalized spacial score (nSPS) is 11.6. The molecule has 0 spiro atoms. The van der Waals surface area contributed by atoms with Gasteiger partial charge in [-0.3, -0.25) is 0 Å². The highest BCUT2D eigenvalue weighted by molar-refractivity contribution is 9.10. The van der Waals surface area contributed by atoms with Crippen LogP contribution in [0.2, 0.25) is 5.02 Å². The fourth-order valence-electron chi connectivity index (χ4n) is 1.74. The van der Waals surface area contributed by atoms with Gasteiger partial charge in [0.15, 0.2) is 0 Å². The first-order valence-corrected chi connectivity index (χ1v) is 9.92. The van der Waals surface area contributed by atoms with Gasteiger partial charge in [-0.25, -0.2) is 17.5 Å². The molecule has 0 N–H and O–H groups in total. The minimum atomic E-state index is -3.70. The molecule has 0 aliphatic rings. The van der Waals surface area contributed by atoms with E-state index in [0.29, 0.717) is 14.0 Å². The van der Waals surface area contributed by atoms with Crippen LogP contribution in [0.25, 0.3) is 0 Å². The number of halogens is 3. The lowest BCUT2D eigenvalue weighted by Gasteiger charge is -2.14. The van der Waals surface area contributed by atoms with Crippen molar-refractivity contribution in [2.24, 2.45) is 0 Å². The van der Waals surface area contributed by atoms with E-state index in [-0.39, 0.29) is 16.2 Å². The molecule has 0 heterocycles. The Morgan fingerprint density at radius 1 is 1.08 bits per heavy atom. The predicted octanol–water partition coefficient (Wildman–Crippen LogP) is 4.33. The third-order valence-corrected chi connectivity index (χ3v) is 6.69. The summed E-state index contributed by atoms with van der Waals surface area (Å²) in [6, 6.07) is 8.95. The van der Waals surface area contributed by atoms with Gasteiger partial charge < -0.3 is 4.74 Å². The van der Waals surface area contributed by atoms with E-state index in [0.717, 1.165) is 4.31 Å². The van der Waals surface area contributed by atoms with Gasteiger partial charge in [-0.05, 0) is 68.3 Å². The second-order valence-electron chi connectivity index (χ2n) is 4.90. The fraction of sp³-hybridized carbons (Fsp3) is 0.133. The van der Waals surface area contributed by atoms with Crippen molar-refractivity contribution in [2.45, 2.75) is 4.90 Å². The molecule has 0 aromatic heterocycles. The number of nitrogens with zero attached hydrogens (tertiary/aromatic N) is 1. The standard InChI is InChI=1S/C15H12Br2ClNO4S/c1-19(2)24(21,22)14-7-9(3-5-11(14)16)15(20)23-13-6-4-10(18)8-12(13)17/h3-8H,1-2H3. The SMILES string of the molecule is CN(C)S(=O)(=O)c1cc(C(=O)Oc2ccc(Cl)cc2Br)ccc1Br. The number of rotatable bonds is 4. The van der Waals surface area contributed by atoms with Crippen molar-refractivity contribution in [3.8, 4) is 5.75 Å². The van der Waals surface area contributed by atoms with Gasteiger partial charge in [-0.2, -0.15) is 0 Å². The van der Waals surface area contributed by atoms with Crippen LogP contribution < -0.4 is 4.74 Å². The van der Waals surface area contributed by atoms with E-state index in [4.69, 9.17) is 16.3 Å². The highest BCUT2D eigenvalue weighted by Crippen LogP contribution is 2.30. The van der Waals surface area contributed by atoms with Gasteiger partial charge in [0, 0.05) is 23.6 Å². The van der Waals surface area contributed by atoms with Gasteiger partial charge in [0.1, 0.15) is 5.75 Å². The van der Waals surface area contributed by atoms with Crippen LogP contribution in [0.1, 0.15) is 10.4 Å². The summed E-state index contributed by atoms with van der Waals surface area (Å²) in [5, 5.41) is 0.490. The summed E-state index contributed by atoms with van der Waals surface area (Å²) < 4.78 is 31.8. The first-order chi connectivity index (χ1) is 11.1. The monoisotopic (exact) mass is 495 g/mol. The summed E-state index contributed by atoms with van der Waals surface area (Å²) in [6.07, 6.45) is 0. The van der Waals surface area contributed by atoms with Crippen LogP contribution in [-0.4, -0.2) is 32.8 Å². The maximum Gasteiger partial charge on any atom is 0.343 e. The summed E-state index contributed by atoms with van der Waals surface area (Å²) in [7, 11) is -0.870. The second-order valence-corrected chi connectivity index (χ2v) is 9.16. The molecule has 128 valence electrons. The van der Waals surface area contributed by atoms with E-state index in [2.05, 4.69) is 31.9 Å². The average molecular weight is 498 g/mol. The average Bonchev–Trinajstić information content (AvgIpc) is 2.50. The zero-order chi connectivity index (χ0) is 18.1. The van der Waals surface area contributed by atoms with Crippen molar-refractivity contribution in [3.05, 3.63) is 55.9 Å². The Hall–Kier alpha value is -0.930. The molecule has 2 aromatic rings. The number of hydrogen-bond acceptors (Lipinski definition) is 4. The Labute approximate surface area is 161 Å². The van der Waals surface area contributed by atoms with E-state index in [1.165, 1.54) is 32.3 Å². The summed E-state index contributed by atoms with van der Waals surface area (Å²) >= 11 is 12.3. The molecule has 5 nitrogen and oxygen atoms in total. The van der Waals surface area contributed by atoms with Gasteiger partial charge >= 0.3 is 5.97 Å². The molecule has 0 saturated carbocycles. The molecule has 0 aliphatic carbocycles. The highest BCUT2D eigenvalue weighted by atomic mass is 79.9. The van der Waals surface area contributed by atoms with Crippen LogP contribution in [0.3, 0.4) is 0 Å². The van der Waals surface area contributed by atoms with Crippen molar-refractivity contribution >= 4 is 59.5 Å².